The zero-order chi connectivity index (χ0) is 13.4. The molecular weight excluding hydrogens is 249 g/mol. The van der Waals surface area contributed by atoms with Crippen molar-refractivity contribution in [3.05, 3.63) is 29.6 Å². The lowest BCUT2D eigenvalue weighted by atomic mass is 10.1. The van der Waals surface area contributed by atoms with Crippen molar-refractivity contribution >= 4 is 17.2 Å². The first-order valence-electron chi connectivity index (χ1n) is 6.38. The number of rotatable bonds is 8. The Morgan fingerprint density at radius 1 is 1.28 bits per heavy atom. The molecule has 0 saturated carbocycles. The van der Waals surface area contributed by atoms with Crippen molar-refractivity contribution < 1.29 is 9.13 Å². The van der Waals surface area contributed by atoms with E-state index in [0.717, 1.165) is 12.8 Å². The topological polar surface area (TPSA) is 35.2 Å². The van der Waals surface area contributed by atoms with Gasteiger partial charge in [0.15, 0.2) is 0 Å². The van der Waals surface area contributed by atoms with Gasteiger partial charge in [0, 0.05) is 0 Å². The molecule has 0 spiro atoms. The third-order valence-corrected chi connectivity index (χ3v) is 2.93. The van der Waals surface area contributed by atoms with Crippen LogP contribution < -0.4 is 10.5 Å². The van der Waals surface area contributed by atoms with Gasteiger partial charge in [-0.3, -0.25) is 0 Å². The summed E-state index contributed by atoms with van der Waals surface area (Å²) in [6, 6.07) is 4.63. The maximum atomic E-state index is 13.5. The van der Waals surface area contributed by atoms with Crippen molar-refractivity contribution in [3.63, 3.8) is 0 Å². The monoisotopic (exact) mass is 269 g/mol. The fourth-order valence-electron chi connectivity index (χ4n) is 1.75. The van der Waals surface area contributed by atoms with E-state index in [1.807, 2.05) is 0 Å². The van der Waals surface area contributed by atoms with Crippen molar-refractivity contribution in [1.29, 1.82) is 0 Å². The SMILES string of the molecule is CCCCCCCOc1cccc(F)c1C(N)=S. The van der Waals surface area contributed by atoms with Crippen LogP contribution in [0, 0.1) is 5.82 Å². The number of halogens is 1. The predicted molar refractivity (Wildman–Crippen MR) is 76.5 cm³/mol. The van der Waals surface area contributed by atoms with E-state index < -0.39 is 5.82 Å². The maximum Gasteiger partial charge on any atom is 0.137 e. The molecule has 0 atom stereocenters. The summed E-state index contributed by atoms with van der Waals surface area (Å²) in [5.74, 6) is 0.0176. The molecule has 0 saturated heterocycles. The van der Waals surface area contributed by atoms with Crippen LogP contribution in [-0.2, 0) is 0 Å². The minimum absolute atomic E-state index is 0.0362. The second-order valence-electron chi connectivity index (χ2n) is 4.24. The van der Waals surface area contributed by atoms with Gasteiger partial charge in [0.2, 0.25) is 0 Å². The molecule has 18 heavy (non-hydrogen) atoms. The molecule has 2 N–H and O–H groups in total. The number of nitrogens with two attached hydrogens (primary N) is 1. The zero-order valence-electron chi connectivity index (χ0n) is 10.7. The molecule has 0 amide bonds. The summed E-state index contributed by atoms with van der Waals surface area (Å²) >= 11 is 4.83. The van der Waals surface area contributed by atoms with Gasteiger partial charge in [-0.05, 0) is 18.6 Å². The molecular formula is C14H20FNOS. The van der Waals surface area contributed by atoms with E-state index in [4.69, 9.17) is 22.7 Å². The molecule has 0 heterocycles. The Morgan fingerprint density at radius 3 is 2.67 bits per heavy atom. The average Bonchev–Trinajstić information content (AvgIpc) is 2.33. The normalized spacial score (nSPS) is 10.3. The lowest BCUT2D eigenvalue weighted by molar-refractivity contribution is 0.302. The first-order valence-corrected chi connectivity index (χ1v) is 6.78. The van der Waals surface area contributed by atoms with Crippen LogP contribution in [-0.4, -0.2) is 11.6 Å². The van der Waals surface area contributed by atoms with E-state index in [0.29, 0.717) is 12.4 Å². The summed E-state index contributed by atoms with van der Waals surface area (Å²) < 4.78 is 19.1. The number of unbranched alkanes of at least 4 members (excludes halogenated alkanes) is 4. The molecule has 1 aromatic rings. The number of hydrogen-bond donors (Lipinski definition) is 1. The smallest absolute Gasteiger partial charge is 0.137 e. The summed E-state index contributed by atoms with van der Waals surface area (Å²) in [5.41, 5.74) is 5.71. The number of ether oxygens (including phenoxy) is 1. The van der Waals surface area contributed by atoms with Gasteiger partial charge in [-0.25, -0.2) is 4.39 Å². The summed E-state index contributed by atoms with van der Waals surface area (Å²) in [6.07, 6.45) is 5.78. The Bertz CT molecular complexity index is 395. The predicted octanol–water partition coefficient (Wildman–Crippen LogP) is 3.81. The molecule has 2 nitrogen and oxygen atoms in total. The summed E-state index contributed by atoms with van der Waals surface area (Å²) in [7, 11) is 0. The van der Waals surface area contributed by atoms with Crippen LogP contribution in [0.5, 0.6) is 5.75 Å². The molecule has 0 aliphatic heterocycles. The van der Waals surface area contributed by atoms with Crippen LogP contribution in [0.25, 0.3) is 0 Å². The summed E-state index contributed by atoms with van der Waals surface area (Å²) in [5, 5.41) is 0. The Kier molecular flexibility index (Phi) is 6.65. The van der Waals surface area contributed by atoms with E-state index in [1.54, 1.807) is 12.1 Å². The van der Waals surface area contributed by atoms with Crippen LogP contribution in [0.2, 0.25) is 0 Å². The van der Waals surface area contributed by atoms with Crippen molar-refractivity contribution in [2.45, 2.75) is 39.0 Å². The molecule has 1 rings (SSSR count). The van der Waals surface area contributed by atoms with Gasteiger partial charge in [-0.1, -0.05) is 50.9 Å². The Balaban J connectivity index is 2.47. The van der Waals surface area contributed by atoms with Gasteiger partial charge in [0.1, 0.15) is 16.6 Å². The van der Waals surface area contributed by atoms with Crippen molar-refractivity contribution in [2.24, 2.45) is 5.73 Å². The van der Waals surface area contributed by atoms with Crippen molar-refractivity contribution in [1.82, 2.24) is 0 Å². The molecule has 0 fully saturated rings. The van der Waals surface area contributed by atoms with E-state index in [-0.39, 0.29) is 10.6 Å². The number of benzene rings is 1. The second-order valence-corrected chi connectivity index (χ2v) is 4.68. The molecule has 4 heteroatoms. The fraction of sp³-hybridized carbons (Fsp3) is 0.500. The number of hydrogen-bond acceptors (Lipinski definition) is 2. The minimum Gasteiger partial charge on any atom is -0.493 e. The van der Waals surface area contributed by atoms with E-state index in [2.05, 4.69) is 6.92 Å². The van der Waals surface area contributed by atoms with E-state index >= 15 is 0 Å². The first kappa shape index (κ1) is 14.9. The Hall–Kier alpha value is -1.16. The summed E-state index contributed by atoms with van der Waals surface area (Å²) in [6.45, 7) is 2.75. The fourth-order valence-corrected chi connectivity index (χ4v) is 1.95. The summed E-state index contributed by atoms with van der Waals surface area (Å²) in [4.78, 5) is 0.0362. The molecule has 0 bridgehead atoms. The largest absolute Gasteiger partial charge is 0.493 e. The van der Waals surface area contributed by atoms with Crippen LogP contribution >= 0.6 is 12.2 Å². The molecule has 1 aromatic carbocycles. The highest BCUT2D eigenvalue weighted by molar-refractivity contribution is 7.80. The van der Waals surface area contributed by atoms with Gasteiger partial charge in [0.05, 0.1) is 12.2 Å². The quantitative estimate of drug-likeness (QED) is 0.576. The highest BCUT2D eigenvalue weighted by Gasteiger charge is 2.11. The zero-order valence-corrected chi connectivity index (χ0v) is 11.6. The third-order valence-electron chi connectivity index (χ3n) is 2.73. The third kappa shape index (κ3) is 4.61. The van der Waals surface area contributed by atoms with Crippen molar-refractivity contribution in [2.75, 3.05) is 6.61 Å². The van der Waals surface area contributed by atoms with Crippen LogP contribution in [0.4, 0.5) is 4.39 Å². The molecule has 0 aliphatic carbocycles. The van der Waals surface area contributed by atoms with Gasteiger partial charge in [-0.15, -0.1) is 0 Å². The minimum atomic E-state index is -0.425. The standard InChI is InChI=1S/C14H20FNOS/c1-2-3-4-5-6-10-17-12-9-7-8-11(15)13(12)14(16)18/h7-9H,2-6,10H2,1H3,(H2,16,18). The average molecular weight is 269 g/mol. The highest BCUT2D eigenvalue weighted by Crippen LogP contribution is 2.21. The van der Waals surface area contributed by atoms with Crippen LogP contribution in [0.1, 0.15) is 44.6 Å². The molecule has 0 aliphatic rings. The van der Waals surface area contributed by atoms with Gasteiger partial charge < -0.3 is 10.5 Å². The van der Waals surface area contributed by atoms with Gasteiger partial charge >= 0.3 is 0 Å². The molecule has 0 radical (unpaired) electrons. The van der Waals surface area contributed by atoms with Crippen molar-refractivity contribution in [3.8, 4) is 5.75 Å². The highest BCUT2D eigenvalue weighted by atomic mass is 32.1. The Morgan fingerprint density at radius 2 is 2.00 bits per heavy atom. The van der Waals surface area contributed by atoms with E-state index in [9.17, 15) is 4.39 Å². The molecule has 100 valence electrons. The van der Waals surface area contributed by atoms with Crippen LogP contribution in [0.15, 0.2) is 18.2 Å². The van der Waals surface area contributed by atoms with E-state index in [1.165, 1.54) is 25.3 Å². The second kappa shape index (κ2) is 8.03. The Labute approximate surface area is 113 Å². The number of thiocarbonyl (C=S) groups is 1. The lowest BCUT2D eigenvalue weighted by Gasteiger charge is -2.11. The lowest BCUT2D eigenvalue weighted by Crippen LogP contribution is -2.14. The van der Waals surface area contributed by atoms with Crippen LogP contribution in [0.3, 0.4) is 0 Å². The molecule has 0 aromatic heterocycles. The van der Waals surface area contributed by atoms with Gasteiger partial charge in [0.25, 0.3) is 0 Å². The first-order chi connectivity index (χ1) is 8.66. The maximum absolute atomic E-state index is 13.5. The molecule has 0 unspecified atom stereocenters. The van der Waals surface area contributed by atoms with Gasteiger partial charge in [-0.2, -0.15) is 0 Å².